The van der Waals surface area contributed by atoms with Crippen LogP contribution in [0, 0.1) is 5.92 Å². The fourth-order valence-electron chi connectivity index (χ4n) is 2.88. The van der Waals surface area contributed by atoms with E-state index in [1.807, 2.05) is 30.3 Å². The summed E-state index contributed by atoms with van der Waals surface area (Å²) in [4.78, 5) is 8.67. The van der Waals surface area contributed by atoms with Crippen LogP contribution >= 0.6 is 11.6 Å². The SMILES string of the molecule is CN=C(NCc1nc(-c2ccc(Cl)cc2)no1)NCc1ccccc1OCC1CC1. The Labute approximate surface area is 180 Å². The number of nitrogens with zero attached hydrogens (tertiary/aromatic N) is 3. The van der Waals surface area contributed by atoms with Crippen LogP contribution in [0.2, 0.25) is 5.02 Å². The summed E-state index contributed by atoms with van der Waals surface area (Å²) in [5.74, 6) is 3.26. The molecule has 1 aromatic heterocycles. The van der Waals surface area contributed by atoms with Crippen LogP contribution in [-0.2, 0) is 13.1 Å². The number of nitrogens with one attached hydrogen (secondary N) is 2. The van der Waals surface area contributed by atoms with Crippen LogP contribution in [0.3, 0.4) is 0 Å². The van der Waals surface area contributed by atoms with E-state index in [2.05, 4.69) is 31.8 Å². The van der Waals surface area contributed by atoms with Crippen molar-refractivity contribution in [2.24, 2.45) is 10.9 Å². The maximum absolute atomic E-state index is 5.97. The van der Waals surface area contributed by atoms with Gasteiger partial charge in [0.1, 0.15) is 5.75 Å². The highest BCUT2D eigenvalue weighted by Crippen LogP contribution is 2.30. The van der Waals surface area contributed by atoms with Crippen LogP contribution in [-0.4, -0.2) is 29.8 Å². The molecule has 8 heteroatoms. The first-order valence-electron chi connectivity index (χ1n) is 9.95. The number of aliphatic imine (C=N–C) groups is 1. The second kappa shape index (κ2) is 9.63. The van der Waals surface area contributed by atoms with Gasteiger partial charge in [-0.25, -0.2) is 0 Å². The molecule has 156 valence electrons. The first-order valence-corrected chi connectivity index (χ1v) is 10.3. The number of rotatable bonds is 8. The van der Waals surface area contributed by atoms with Gasteiger partial charge in [-0.05, 0) is 49.1 Å². The second-order valence-electron chi connectivity index (χ2n) is 7.16. The molecule has 7 nitrogen and oxygen atoms in total. The molecule has 0 bridgehead atoms. The number of hydrogen-bond acceptors (Lipinski definition) is 5. The largest absolute Gasteiger partial charge is 0.493 e. The van der Waals surface area contributed by atoms with E-state index < -0.39 is 0 Å². The first kappa shape index (κ1) is 20.2. The van der Waals surface area contributed by atoms with Gasteiger partial charge in [0.25, 0.3) is 0 Å². The molecule has 0 unspecified atom stereocenters. The molecule has 4 rings (SSSR count). The van der Waals surface area contributed by atoms with E-state index in [4.69, 9.17) is 20.9 Å². The van der Waals surface area contributed by atoms with Gasteiger partial charge in [0.05, 0.1) is 13.2 Å². The number of aromatic nitrogens is 2. The lowest BCUT2D eigenvalue weighted by atomic mass is 10.2. The molecule has 1 saturated carbocycles. The molecule has 0 aliphatic heterocycles. The molecule has 0 amide bonds. The molecule has 1 fully saturated rings. The summed E-state index contributed by atoms with van der Waals surface area (Å²) in [6.07, 6.45) is 2.54. The van der Waals surface area contributed by atoms with Crippen molar-refractivity contribution in [1.29, 1.82) is 0 Å². The predicted octanol–water partition coefficient (Wildman–Crippen LogP) is 4.04. The minimum atomic E-state index is 0.361. The molecule has 1 aliphatic rings. The van der Waals surface area contributed by atoms with Gasteiger partial charge >= 0.3 is 0 Å². The molecule has 0 radical (unpaired) electrons. The van der Waals surface area contributed by atoms with Crippen LogP contribution in [0.1, 0.15) is 24.3 Å². The summed E-state index contributed by atoms with van der Waals surface area (Å²) < 4.78 is 11.3. The summed E-state index contributed by atoms with van der Waals surface area (Å²) in [7, 11) is 1.72. The Kier molecular flexibility index (Phi) is 6.49. The van der Waals surface area contributed by atoms with E-state index in [0.717, 1.165) is 23.5 Å². The maximum atomic E-state index is 5.97. The average molecular weight is 426 g/mol. The monoisotopic (exact) mass is 425 g/mol. The minimum Gasteiger partial charge on any atom is -0.493 e. The highest BCUT2D eigenvalue weighted by molar-refractivity contribution is 6.30. The number of para-hydroxylation sites is 1. The molecule has 0 atom stereocenters. The Morgan fingerprint density at radius 1 is 1.13 bits per heavy atom. The lowest BCUT2D eigenvalue weighted by molar-refractivity contribution is 0.296. The van der Waals surface area contributed by atoms with Crippen molar-refractivity contribution in [1.82, 2.24) is 20.8 Å². The summed E-state index contributed by atoms with van der Waals surface area (Å²) in [5, 5.41) is 11.2. The number of ether oxygens (including phenoxy) is 1. The number of halogens is 1. The normalized spacial score (nSPS) is 13.9. The Bertz CT molecular complexity index is 999. The van der Waals surface area contributed by atoms with Crippen molar-refractivity contribution >= 4 is 17.6 Å². The number of benzene rings is 2. The van der Waals surface area contributed by atoms with Crippen molar-refractivity contribution < 1.29 is 9.26 Å². The average Bonchev–Trinajstić information content (AvgIpc) is 3.49. The van der Waals surface area contributed by atoms with Crippen molar-refractivity contribution in [3.8, 4) is 17.1 Å². The van der Waals surface area contributed by atoms with E-state index in [0.29, 0.717) is 41.7 Å². The van der Waals surface area contributed by atoms with Crippen LogP contribution in [0.5, 0.6) is 5.75 Å². The Balaban J connectivity index is 1.30. The molecule has 1 aliphatic carbocycles. The molecule has 0 spiro atoms. The number of guanidine groups is 1. The van der Waals surface area contributed by atoms with Gasteiger partial charge in [-0.3, -0.25) is 4.99 Å². The van der Waals surface area contributed by atoms with Gasteiger partial charge < -0.3 is 19.9 Å². The van der Waals surface area contributed by atoms with Crippen molar-refractivity contribution in [2.45, 2.75) is 25.9 Å². The Morgan fingerprint density at radius 2 is 1.90 bits per heavy atom. The second-order valence-corrected chi connectivity index (χ2v) is 7.60. The zero-order chi connectivity index (χ0) is 20.8. The van der Waals surface area contributed by atoms with Crippen molar-refractivity contribution in [3.05, 3.63) is 65.0 Å². The molecule has 30 heavy (non-hydrogen) atoms. The minimum absolute atomic E-state index is 0.361. The smallest absolute Gasteiger partial charge is 0.246 e. The van der Waals surface area contributed by atoms with Crippen molar-refractivity contribution in [3.63, 3.8) is 0 Å². The predicted molar refractivity (Wildman–Crippen MR) is 116 cm³/mol. The number of hydrogen-bond donors (Lipinski definition) is 2. The molecule has 1 heterocycles. The zero-order valence-corrected chi connectivity index (χ0v) is 17.5. The Morgan fingerprint density at radius 3 is 2.67 bits per heavy atom. The highest BCUT2D eigenvalue weighted by atomic mass is 35.5. The first-order chi connectivity index (χ1) is 14.7. The summed E-state index contributed by atoms with van der Waals surface area (Å²) in [6, 6.07) is 15.4. The molecular formula is C22H24ClN5O2. The molecule has 2 N–H and O–H groups in total. The van der Waals surface area contributed by atoms with Crippen LogP contribution < -0.4 is 15.4 Å². The maximum Gasteiger partial charge on any atom is 0.246 e. The van der Waals surface area contributed by atoms with Gasteiger partial charge in [0.15, 0.2) is 5.96 Å². The third-order valence-electron chi connectivity index (χ3n) is 4.79. The zero-order valence-electron chi connectivity index (χ0n) is 16.8. The molecule has 0 saturated heterocycles. The standard InChI is InChI=1S/C22H24ClN5O2/c1-24-22(25-12-17-4-2-3-5-19(17)29-14-15-6-7-15)26-13-20-27-21(28-30-20)16-8-10-18(23)11-9-16/h2-5,8-11,15H,6-7,12-14H2,1H3,(H2,24,25,26). The molecule has 2 aromatic carbocycles. The van der Waals surface area contributed by atoms with Gasteiger partial charge in [0.2, 0.25) is 11.7 Å². The van der Waals surface area contributed by atoms with E-state index >= 15 is 0 Å². The fraction of sp³-hybridized carbons (Fsp3) is 0.318. The Hall–Kier alpha value is -3.06. The van der Waals surface area contributed by atoms with E-state index in [9.17, 15) is 0 Å². The van der Waals surface area contributed by atoms with E-state index in [-0.39, 0.29) is 0 Å². The molecular weight excluding hydrogens is 402 g/mol. The lowest BCUT2D eigenvalue weighted by Gasteiger charge is -2.14. The molecule has 3 aromatic rings. The van der Waals surface area contributed by atoms with Gasteiger partial charge in [0, 0.05) is 29.7 Å². The van der Waals surface area contributed by atoms with Gasteiger partial charge in [-0.2, -0.15) is 4.98 Å². The van der Waals surface area contributed by atoms with Gasteiger partial charge in [-0.15, -0.1) is 0 Å². The topological polar surface area (TPSA) is 84.6 Å². The third-order valence-corrected chi connectivity index (χ3v) is 5.04. The van der Waals surface area contributed by atoms with E-state index in [1.165, 1.54) is 12.8 Å². The van der Waals surface area contributed by atoms with Crippen LogP contribution in [0.25, 0.3) is 11.4 Å². The third kappa shape index (κ3) is 5.51. The highest BCUT2D eigenvalue weighted by Gasteiger charge is 2.22. The lowest BCUT2D eigenvalue weighted by Crippen LogP contribution is -2.36. The quantitative estimate of drug-likeness (QED) is 0.418. The van der Waals surface area contributed by atoms with Crippen LogP contribution in [0.4, 0.5) is 0 Å². The van der Waals surface area contributed by atoms with Crippen molar-refractivity contribution in [2.75, 3.05) is 13.7 Å². The van der Waals surface area contributed by atoms with Gasteiger partial charge in [-0.1, -0.05) is 35.0 Å². The summed E-state index contributed by atoms with van der Waals surface area (Å²) in [6.45, 7) is 1.75. The van der Waals surface area contributed by atoms with Crippen LogP contribution in [0.15, 0.2) is 58.0 Å². The summed E-state index contributed by atoms with van der Waals surface area (Å²) in [5.41, 5.74) is 1.93. The summed E-state index contributed by atoms with van der Waals surface area (Å²) >= 11 is 5.92. The fourth-order valence-corrected chi connectivity index (χ4v) is 3.01. The van der Waals surface area contributed by atoms with E-state index in [1.54, 1.807) is 19.2 Å².